The quantitative estimate of drug-likeness (QED) is 0.836. The summed E-state index contributed by atoms with van der Waals surface area (Å²) in [5.74, 6) is 0. The van der Waals surface area contributed by atoms with E-state index in [9.17, 15) is 9.90 Å². The van der Waals surface area contributed by atoms with Gasteiger partial charge >= 0.3 is 6.09 Å². The molecule has 3 nitrogen and oxygen atoms in total. The lowest BCUT2D eigenvalue weighted by Crippen LogP contribution is -2.45. The standard InChI is InChI=1S/C11H13BrClNO2/c1-11(2,3)14(10(15)16)8-6-4-5-7(13)9(8)12/h4-6H,1-3H3,(H,15,16). The average Bonchev–Trinajstić information content (AvgIpc) is 2.09. The number of hydrogen-bond acceptors (Lipinski definition) is 1. The first-order valence-electron chi connectivity index (χ1n) is 4.72. The van der Waals surface area contributed by atoms with Crippen molar-refractivity contribution in [1.29, 1.82) is 0 Å². The largest absolute Gasteiger partial charge is 0.465 e. The Morgan fingerprint density at radius 1 is 1.44 bits per heavy atom. The average molecular weight is 307 g/mol. The van der Waals surface area contributed by atoms with Gasteiger partial charge in [0.15, 0.2) is 0 Å². The summed E-state index contributed by atoms with van der Waals surface area (Å²) in [6, 6.07) is 5.15. The lowest BCUT2D eigenvalue weighted by atomic mass is 10.1. The van der Waals surface area contributed by atoms with Gasteiger partial charge in [-0.05, 0) is 48.8 Å². The van der Waals surface area contributed by atoms with Gasteiger partial charge < -0.3 is 5.11 Å². The maximum atomic E-state index is 11.3. The Hall–Kier alpha value is -0.740. The minimum absolute atomic E-state index is 0.494. The van der Waals surface area contributed by atoms with Crippen molar-refractivity contribution in [3.8, 4) is 0 Å². The molecule has 16 heavy (non-hydrogen) atoms. The molecule has 1 rings (SSSR count). The number of carbonyl (C=O) groups is 1. The molecule has 0 heterocycles. The van der Waals surface area contributed by atoms with Gasteiger partial charge in [0.25, 0.3) is 0 Å². The van der Waals surface area contributed by atoms with Gasteiger partial charge in [-0.2, -0.15) is 0 Å². The Balaban J connectivity index is 3.33. The Labute approximate surface area is 108 Å². The van der Waals surface area contributed by atoms with Gasteiger partial charge in [0.05, 0.1) is 15.2 Å². The summed E-state index contributed by atoms with van der Waals surface area (Å²) in [7, 11) is 0. The molecule has 5 heteroatoms. The van der Waals surface area contributed by atoms with Crippen LogP contribution in [-0.4, -0.2) is 16.7 Å². The molecular weight excluding hydrogens is 293 g/mol. The predicted octanol–water partition coefficient (Wildman–Crippen LogP) is 4.39. The molecule has 1 aromatic rings. The topological polar surface area (TPSA) is 40.5 Å². The van der Waals surface area contributed by atoms with E-state index in [1.807, 2.05) is 20.8 Å². The zero-order valence-electron chi connectivity index (χ0n) is 9.29. The first-order valence-corrected chi connectivity index (χ1v) is 5.89. The monoisotopic (exact) mass is 305 g/mol. The highest BCUT2D eigenvalue weighted by molar-refractivity contribution is 9.10. The highest BCUT2D eigenvalue weighted by Crippen LogP contribution is 2.36. The van der Waals surface area contributed by atoms with E-state index in [0.29, 0.717) is 15.2 Å². The molecule has 1 N–H and O–H groups in total. The third-order valence-electron chi connectivity index (χ3n) is 2.03. The van der Waals surface area contributed by atoms with Crippen LogP contribution in [0.1, 0.15) is 20.8 Å². The van der Waals surface area contributed by atoms with Crippen molar-refractivity contribution in [3.05, 3.63) is 27.7 Å². The highest BCUT2D eigenvalue weighted by Gasteiger charge is 2.29. The maximum Gasteiger partial charge on any atom is 0.412 e. The van der Waals surface area contributed by atoms with Crippen molar-refractivity contribution >= 4 is 39.3 Å². The second-order valence-corrected chi connectivity index (χ2v) is 5.56. The van der Waals surface area contributed by atoms with E-state index in [1.54, 1.807) is 18.2 Å². The van der Waals surface area contributed by atoms with Crippen LogP contribution in [0.3, 0.4) is 0 Å². The van der Waals surface area contributed by atoms with E-state index in [0.717, 1.165) is 0 Å². The van der Waals surface area contributed by atoms with Gasteiger partial charge in [0, 0.05) is 5.54 Å². The number of rotatable bonds is 1. The van der Waals surface area contributed by atoms with Crippen LogP contribution in [0.4, 0.5) is 10.5 Å². The Bertz CT molecular complexity index is 415. The second kappa shape index (κ2) is 4.63. The number of anilines is 1. The molecule has 1 amide bonds. The molecule has 0 radical (unpaired) electrons. The fourth-order valence-corrected chi connectivity index (χ4v) is 2.03. The van der Waals surface area contributed by atoms with Crippen molar-refractivity contribution in [3.63, 3.8) is 0 Å². The molecule has 0 aliphatic carbocycles. The van der Waals surface area contributed by atoms with E-state index in [4.69, 9.17) is 11.6 Å². The van der Waals surface area contributed by atoms with Crippen LogP contribution in [0.5, 0.6) is 0 Å². The molecule has 1 aromatic carbocycles. The van der Waals surface area contributed by atoms with Gasteiger partial charge in [-0.15, -0.1) is 0 Å². The number of hydrogen-bond donors (Lipinski definition) is 1. The fraction of sp³-hybridized carbons (Fsp3) is 0.364. The Morgan fingerprint density at radius 3 is 2.44 bits per heavy atom. The molecule has 0 aliphatic heterocycles. The van der Waals surface area contributed by atoms with Crippen molar-refractivity contribution in [2.45, 2.75) is 26.3 Å². The molecule has 0 saturated carbocycles. The summed E-state index contributed by atoms with van der Waals surface area (Å²) in [5.41, 5.74) is 0.0199. The minimum atomic E-state index is -1.00. The van der Waals surface area contributed by atoms with Crippen LogP contribution in [0.25, 0.3) is 0 Å². The summed E-state index contributed by atoms with van der Waals surface area (Å²) in [6.45, 7) is 5.48. The van der Waals surface area contributed by atoms with Crippen LogP contribution in [-0.2, 0) is 0 Å². The SMILES string of the molecule is CC(C)(C)N(C(=O)O)c1cccc(Cl)c1Br. The summed E-state index contributed by atoms with van der Waals surface area (Å²) >= 11 is 9.25. The number of carboxylic acid groups (broad SMARTS) is 1. The predicted molar refractivity (Wildman–Crippen MR) is 69.4 cm³/mol. The minimum Gasteiger partial charge on any atom is -0.465 e. The Morgan fingerprint density at radius 2 is 2.00 bits per heavy atom. The molecule has 0 aromatic heterocycles. The third-order valence-corrected chi connectivity index (χ3v) is 3.41. The number of halogens is 2. The summed E-state index contributed by atoms with van der Waals surface area (Å²) < 4.78 is 0.592. The van der Waals surface area contributed by atoms with E-state index in [1.165, 1.54) is 4.90 Å². The van der Waals surface area contributed by atoms with E-state index < -0.39 is 11.6 Å². The smallest absolute Gasteiger partial charge is 0.412 e. The van der Waals surface area contributed by atoms with E-state index in [-0.39, 0.29) is 0 Å². The van der Waals surface area contributed by atoms with Crippen LogP contribution in [0, 0.1) is 0 Å². The van der Waals surface area contributed by atoms with E-state index in [2.05, 4.69) is 15.9 Å². The number of benzene rings is 1. The van der Waals surface area contributed by atoms with Gasteiger partial charge in [0.2, 0.25) is 0 Å². The molecule has 0 saturated heterocycles. The second-order valence-electron chi connectivity index (χ2n) is 4.36. The van der Waals surface area contributed by atoms with Gasteiger partial charge in [0.1, 0.15) is 0 Å². The van der Waals surface area contributed by atoms with Crippen LogP contribution >= 0.6 is 27.5 Å². The van der Waals surface area contributed by atoms with Crippen LogP contribution in [0.2, 0.25) is 5.02 Å². The molecule has 88 valence electrons. The third kappa shape index (κ3) is 2.68. The normalized spacial score (nSPS) is 11.3. The maximum absolute atomic E-state index is 11.3. The summed E-state index contributed by atoms with van der Waals surface area (Å²) in [6.07, 6.45) is -1.00. The first kappa shape index (κ1) is 13.3. The van der Waals surface area contributed by atoms with Crippen molar-refractivity contribution < 1.29 is 9.90 Å². The Kier molecular flexibility index (Phi) is 3.86. The molecule has 0 fully saturated rings. The van der Waals surface area contributed by atoms with Gasteiger partial charge in [-0.1, -0.05) is 17.7 Å². The lowest BCUT2D eigenvalue weighted by Gasteiger charge is -2.33. The van der Waals surface area contributed by atoms with E-state index >= 15 is 0 Å². The molecular formula is C11H13BrClNO2. The molecule has 0 bridgehead atoms. The van der Waals surface area contributed by atoms with Gasteiger partial charge in [-0.3, -0.25) is 4.90 Å². The van der Waals surface area contributed by atoms with Crippen LogP contribution < -0.4 is 4.90 Å². The van der Waals surface area contributed by atoms with Crippen molar-refractivity contribution in [2.75, 3.05) is 4.90 Å². The molecule has 0 unspecified atom stereocenters. The zero-order chi connectivity index (χ0) is 12.5. The molecule has 0 aliphatic rings. The molecule has 0 atom stereocenters. The molecule has 0 spiro atoms. The number of nitrogens with zero attached hydrogens (tertiary/aromatic N) is 1. The number of amides is 1. The first-order chi connectivity index (χ1) is 7.25. The lowest BCUT2D eigenvalue weighted by molar-refractivity contribution is 0.195. The fourth-order valence-electron chi connectivity index (χ4n) is 1.42. The van der Waals surface area contributed by atoms with Crippen LogP contribution in [0.15, 0.2) is 22.7 Å². The summed E-state index contributed by atoms with van der Waals surface area (Å²) in [5, 5.41) is 9.73. The van der Waals surface area contributed by atoms with Gasteiger partial charge in [-0.25, -0.2) is 4.79 Å². The van der Waals surface area contributed by atoms with Crippen molar-refractivity contribution in [1.82, 2.24) is 0 Å². The highest BCUT2D eigenvalue weighted by atomic mass is 79.9. The zero-order valence-corrected chi connectivity index (χ0v) is 11.6. The summed E-state index contributed by atoms with van der Waals surface area (Å²) in [4.78, 5) is 12.6. The van der Waals surface area contributed by atoms with Crippen molar-refractivity contribution in [2.24, 2.45) is 0 Å².